The summed E-state index contributed by atoms with van der Waals surface area (Å²) in [5, 5.41) is 0. The molecule has 0 saturated carbocycles. The second kappa shape index (κ2) is 59.4. The first-order valence-corrected chi connectivity index (χ1v) is 30.4. The molecule has 0 radical (unpaired) electrons. The van der Waals surface area contributed by atoms with Crippen LogP contribution in [0.15, 0.2) is 72.9 Å². The molecule has 1 atom stereocenters. The topological polar surface area (TPSA) is 78.9 Å². The van der Waals surface area contributed by atoms with E-state index in [0.717, 1.165) is 96.3 Å². The third kappa shape index (κ3) is 57.6. The summed E-state index contributed by atoms with van der Waals surface area (Å²) in [6.45, 7) is 6.54. The van der Waals surface area contributed by atoms with E-state index in [0.29, 0.717) is 19.3 Å². The summed E-state index contributed by atoms with van der Waals surface area (Å²) in [7, 11) is 0. The summed E-state index contributed by atoms with van der Waals surface area (Å²) >= 11 is 0. The third-order valence-corrected chi connectivity index (χ3v) is 13.2. The van der Waals surface area contributed by atoms with Crippen molar-refractivity contribution in [3.8, 4) is 0 Å². The summed E-state index contributed by atoms with van der Waals surface area (Å²) in [5.74, 6) is -0.864. The highest BCUT2D eigenvalue weighted by Crippen LogP contribution is 2.16. The van der Waals surface area contributed by atoms with E-state index in [2.05, 4.69) is 93.7 Å². The Morgan fingerprint density at radius 3 is 0.859 bits per heavy atom. The molecule has 410 valence electrons. The molecule has 0 bridgehead atoms. The van der Waals surface area contributed by atoms with E-state index in [9.17, 15) is 14.4 Å². The van der Waals surface area contributed by atoms with Gasteiger partial charge in [-0.15, -0.1) is 0 Å². The predicted octanol–water partition coefficient (Wildman–Crippen LogP) is 20.5. The molecule has 0 aromatic carbocycles. The second-order valence-corrected chi connectivity index (χ2v) is 20.2. The molecule has 0 saturated heterocycles. The Hall–Kier alpha value is -3.15. The van der Waals surface area contributed by atoms with Gasteiger partial charge in [-0.3, -0.25) is 14.4 Å². The van der Waals surface area contributed by atoms with Gasteiger partial charge in [0.2, 0.25) is 0 Å². The maximum absolute atomic E-state index is 12.8. The SMILES string of the molecule is CC/C=C\C/C=C\C/C=C\C/C=C\C/C=C\C/C=C\CCCCCCCCCCCCC(=O)OCC(COC(=O)CCCCCCCCCCCCCC)OC(=O)CCCCCCCCCCCCCC. The first kappa shape index (κ1) is 67.8. The Morgan fingerprint density at radius 1 is 0.296 bits per heavy atom. The van der Waals surface area contributed by atoms with Crippen LogP contribution in [-0.2, 0) is 28.6 Å². The molecule has 0 aromatic rings. The number of ether oxygens (including phenoxy) is 3. The van der Waals surface area contributed by atoms with Gasteiger partial charge < -0.3 is 14.2 Å². The number of carbonyl (C=O) groups is 3. The molecule has 0 aliphatic rings. The monoisotopic (exact) mass is 991 g/mol. The largest absolute Gasteiger partial charge is 0.462 e. The van der Waals surface area contributed by atoms with E-state index in [1.165, 1.54) is 167 Å². The maximum atomic E-state index is 12.8. The molecule has 1 unspecified atom stereocenters. The van der Waals surface area contributed by atoms with E-state index < -0.39 is 6.10 Å². The molecule has 0 amide bonds. The van der Waals surface area contributed by atoms with Crippen LogP contribution in [0.1, 0.15) is 303 Å². The van der Waals surface area contributed by atoms with E-state index in [1.54, 1.807) is 0 Å². The number of carbonyl (C=O) groups excluding carboxylic acids is 3. The molecule has 0 rings (SSSR count). The zero-order chi connectivity index (χ0) is 51.4. The van der Waals surface area contributed by atoms with Gasteiger partial charge in [0, 0.05) is 19.3 Å². The average molecular weight is 992 g/mol. The molecule has 0 aromatic heterocycles. The minimum Gasteiger partial charge on any atom is -0.462 e. The Kier molecular flexibility index (Phi) is 56.8. The van der Waals surface area contributed by atoms with Crippen LogP contribution in [0, 0.1) is 0 Å². The van der Waals surface area contributed by atoms with Crippen molar-refractivity contribution in [3.05, 3.63) is 72.9 Å². The smallest absolute Gasteiger partial charge is 0.306 e. The second-order valence-electron chi connectivity index (χ2n) is 20.2. The minimum absolute atomic E-state index is 0.0714. The van der Waals surface area contributed by atoms with E-state index in [4.69, 9.17) is 14.2 Å². The first-order valence-electron chi connectivity index (χ1n) is 30.4. The van der Waals surface area contributed by atoms with Gasteiger partial charge >= 0.3 is 17.9 Å². The number of unbranched alkanes of at least 4 members (excludes halogenated alkanes) is 32. The average Bonchev–Trinajstić information content (AvgIpc) is 3.37. The molecule has 0 fully saturated rings. The Bertz CT molecular complexity index is 1320. The normalized spacial score (nSPS) is 12.5. The molecule has 6 nitrogen and oxygen atoms in total. The van der Waals surface area contributed by atoms with Crippen molar-refractivity contribution in [3.63, 3.8) is 0 Å². The minimum atomic E-state index is -0.772. The van der Waals surface area contributed by atoms with Gasteiger partial charge in [0.15, 0.2) is 6.10 Å². The summed E-state index contributed by atoms with van der Waals surface area (Å²) in [6.07, 6.45) is 76.2. The van der Waals surface area contributed by atoms with Crippen molar-refractivity contribution in [1.29, 1.82) is 0 Å². The van der Waals surface area contributed by atoms with Crippen LogP contribution in [0.3, 0.4) is 0 Å². The lowest BCUT2D eigenvalue weighted by molar-refractivity contribution is -0.167. The van der Waals surface area contributed by atoms with Crippen LogP contribution in [-0.4, -0.2) is 37.2 Å². The van der Waals surface area contributed by atoms with Crippen molar-refractivity contribution in [2.75, 3.05) is 13.2 Å². The van der Waals surface area contributed by atoms with Crippen LogP contribution >= 0.6 is 0 Å². The number of esters is 3. The van der Waals surface area contributed by atoms with Gasteiger partial charge in [0.05, 0.1) is 0 Å². The summed E-state index contributed by atoms with van der Waals surface area (Å²) < 4.78 is 16.9. The van der Waals surface area contributed by atoms with Gasteiger partial charge in [-0.25, -0.2) is 0 Å². The standard InChI is InChI=1S/C65H114O6/c1-4-7-10-13-16-19-22-25-26-27-28-29-30-31-32-33-34-35-36-37-38-39-40-41-44-46-49-52-55-58-64(67)70-61-62(71-65(68)59-56-53-50-47-43-24-21-18-15-12-9-6-3)60-69-63(66)57-54-51-48-45-42-23-20-17-14-11-8-5-2/h7,10,16,19,25-26,28-29,31-32,34-35,62H,4-6,8-9,11-15,17-18,20-24,27,30,33,36-61H2,1-3H3/b10-7-,19-16-,26-25-,29-28-,32-31-,35-34-. The number of hydrogen-bond donors (Lipinski definition) is 0. The van der Waals surface area contributed by atoms with Crippen molar-refractivity contribution >= 4 is 17.9 Å². The molecule has 0 aliphatic heterocycles. The Balaban J connectivity index is 4.19. The van der Waals surface area contributed by atoms with Crippen molar-refractivity contribution in [2.45, 2.75) is 309 Å². The van der Waals surface area contributed by atoms with E-state index in [1.807, 2.05) is 0 Å². The van der Waals surface area contributed by atoms with Crippen molar-refractivity contribution < 1.29 is 28.6 Å². The van der Waals surface area contributed by atoms with Crippen LogP contribution in [0.4, 0.5) is 0 Å². The van der Waals surface area contributed by atoms with Crippen LogP contribution in [0.2, 0.25) is 0 Å². The van der Waals surface area contributed by atoms with Gasteiger partial charge in [-0.05, 0) is 70.6 Å². The fourth-order valence-corrected chi connectivity index (χ4v) is 8.68. The summed E-state index contributed by atoms with van der Waals surface area (Å²) in [5.41, 5.74) is 0. The zero-order valence-electron chi connectivity index (χ0n) is 47.0. The number of hydrogen-bond acceptors (Lipinski definition) is 6. The highest BCUT2D eigenvalue weighted by Gasteiger charge is 2.19. The van der Waals surface area contributed by atoms with Gasteiger partial charge in [-0.1, -0.05) is 286 Å². The first-order chi connectivity index (χ1) is 35.0. The summed E-state index contributed by atoms with van der Waals surface area (Å²) in [4.78, 5) is 38.1. The third-order valence-electron chi connectivity index (χ3n) is 13.2. The number of allylic oxidation sites excluding steroid dienone is 12. The van der Waals surface area contributed by atoms with Crippen molar-refractivity contribution in [2.24, 2.45) is 0 Å². The quantitative estimate of drug-likeness (QED) is 0.0261. The van der Waals surface area contributed by atoms with Gasteiger partial charge in [0.25, 0.3) is 0 Å². The maximum Gasteiger partial charge on any atom is 0.306 e. The molecule has 0 heterocycles. The zero-order valence-corrected chi connectivity index (χ0v) is 47.0. The highest BCUT2D eigenvalue weighted by molar-refractivity contribution is 5.71. The van der Waals surface area contributed by atoms with Crippen LogP contribution < -0.4 is 0 Å². The van der Waals surface area contributed by atoms with Gasteiger partial charge in [-0.2, -0.15) is 0 Å². The Morgan fingerprint density at radius 2 is 0.549 bits per heavy atom. The fraction of sp³-hybridized carbons (Fsp3) is 0.769. The predicted molar refractivity (Wildman–Crippen MR) is 307 cm³/mol. The lowest BCUT2D eigenvalue weighted by atomic mass is 10.0. The van der Waals surface area contributed by atoms with E-state index >= 15 is 0 Å². The van der Waals surface area contributed by atoms with Crippen LogP contribution in [0.25, 0.3) is 0 Å². The molecule has 0 N–H and O–H groups in total. The van der Waals surface area contributed by atoms with Gasteiger partial charge in [0.1, 0.15) is 13.2 Å². The lowest BCUT2D eigenvalue weighted by Crippen LogP contribution is -2.30. The highest BCUT2D eigenvalue weighted by atomic mass is 16.6. The molecule has 0 spiro atoms. The number of rotatable bonds is 55. The lowest BCUT2D eigenvalue weighted by Gasteiger charge is -2.18. The molecule has 0 aliphatic carbocycles. The molecule has 6 heteroatoms. The Labute approximate surface area is 440 Å². The molecular formula is C65H114O6. The van der Waals surface area contributed by atoms with Crippen molar-refractivity contribution in [1.82, 2.24) is 0 Å². The van der Waals surface area contributed by atoms with E-state index in [-0.39, 0.29) is 31.1 Å². The van der Waals surface area contributed by atoms with Crippen LogP contribution in [0.5, 0.6) is 0 Å². The molecule has 71 heavy (non-hydrogen) atoms. The molecular weight excluding hydrogens is 877 g/mol. The summed E-state index contributed by atoms with van der Waals surface area (Å²) in [6, 6.07) is 0. The fourth-order valence-electron chi connectivity index (χ4n) is 8.68.